The lowest BCUT2D eigenvalue weighted by molar-refractivity contribution is -0.148. The lowest BCUT2D eigenvalue weighted by Gasteiger charge is -2.17. The average Bonchev–Trinajstić information content (AvgIpc) is 2.84. The van der Waals surface area contributed by atoms with Crippen molar-refractivity contribution in [3.63, 3.8) is 0 Å². The lowest BCUT2D eigenvalue weighted by Crippen LogP contribution is -2.36. The van der Waals surface area contributed by atoms with Crippen molar-refractivity contribution in [2.45, 2.75) is 50.7 Å². The Labute approximate surface area is 144 Å². The predicted molar refractivity (Wildman–Crippen MR) is 87.3 cm³/mol. The van der Waals surface area contributed by atoms with Gasteiger partial charge in [-0.1, -0.05) is 19.3 Å². The SMILES string of the molecule is C#Cc1cn([C@@H]2O[C@H](CC(=O)OCCCC)[C@@H](O)[C@H]2O)c(=O)nc1N. The number of hydrogen-bond donors (Lipinski definition) is 3. The van der Waals surface area contributed by atoms with Crippen LogP contribution < -0.4 is 11.4 Å². The lowest BCUT2D eigenvalue weighted by atomic mass is 10.1. The van der Waals surface area contributed by atoms with Crippen molar-refractivity contribution in [1.82, 2.24) is 9.55 Å². The fraction of sp³-hybridized carbons (Fsp3) is 0.562. The van der Waals surface area contributed by atoms with Crippen LogP contribution in [-0.2, 0) is 14.3 Å². The Bertz CT molecular complexity index is 726. The van der Waals surface area contributed by atoms with Gasteiger partial charge in [-0.15, -0.1) is 6.42 Å². The molecular formula is C16H21N3O6. The summed E-state index contributed by atoms with van der Waals surface area (Å²) in [7, 11) is 0. The molecule has 9 nitrogen and oxygen atoms in total. The molecule has 4 N–H and O–H groups in total. The highest BCUT2D eigenvalue weighted by atomic mass is 16.6. The molecule has 9 heteroatoms. The van der Waals surface area contributed by atoms with E-state index in [1.807, 2.05) is 6.92 Å². The largest absolute Gasteiger partial charge is 0.466 e. The summed E-state index contributed by atoms with van der Waals surface area (Å²) >= 11 is 0. The van der Waals surface area contributed by atoms with Crippen LogP contribution in [0.25, 0.3) is 0 Å². The molecule has 1 saturated heterocycles. The molecule has 0 amide bonds. The van der Waals surface area contributed by atoms with E-state index in [4.69, 9.17) is 21.6 Å². The van der Waals surface area contributed by atoms with E-state index < -0.39 is 36.2 Å². The molecule has 0 spiro atoms. The van der Waals surface area contributed by atoms with Crippen LogP contribution >= 0.6 is 0 Å². The summed E-state index contributed by atoms with van der Waals surface area (Å²) < 4.78 is 11.4. The normalized spacial score (nSPS) is 25.5. The van der Waals surface area contributed by atoms with Crippen molar-refractivity contribution in [2.24, 2.45) is 0 Å². The number of terminal acetylenes is 1. The van der Waals surface area contributed by atoms with E-state index in [1.54, 1.807) is 0 Å². The van der Waals surface area contributed by atoms with Crippen molar-refractivity contribution in [3.05, 3.63) is 22.2 Å². The van der Waals surface area contributed by atoms with Crippen LogP contribution in [0.2, 0.25) is 0 Å². The second-order valence-electron chi connectivity index (χ2n) is 5.70. The van der Waals surface area contributed by atoms with E-state index in [-0.39, 0.29) is 24.4 Å². The van der Waals surface area contributed by atoms with Crippen LogP contribution in [0.15, 0.2) is 11.0 Å². The fourth-order valence-electron chi connectivity index (χ4n) is 2.46. The molecule has 0 aromatic carbocycles. The molecule has 1 aromatic heterocycles. The maximum atomic E-state index is 12.0. The van der Waals surface area contributed by atoms with Crippen molar-refractivity contribution < 1.29 is 24.5 Å². The molecule has 0 aliphatic carbocycles. The van der Waals surface area contributed by atoms with Gasteiger partial charge in [0.2, 0.25) is 0 Å². The number of carbonyl (C=O) groups excluding carboxylic acids is 1. The maximum Gasteiger partial charge on any atom is 0.351 e. The number of aliphatic hydroxyl groups is 2. The van der Waals surface area contributed by atoms with Gasteiger partial charge in [0.05, 0.1) is 24.7 Å². The van der Waals surface area contributed by atoms with Gasteiger partial charge >= 0.3 is 11.7 Å². The molecule has 2 rings (SSSR count). The minimum absolute atomic E-state index is 0.118. The highest BCUT2D eigenvalue weighted by Crippen LogP contribution is 2.30. The number of nitrogens with two attached hydrogens (primary N) is 1. The minimum atomic E-state index is -1.44. The van der Waals surface area contributed by atoms with Crippen LogP contribution in [0.1, 0.15) is 38.0 Å². The molecule has 0 bridgehead atoms. The molecule has 1 aliphatic heterocycles. The first-order chi connectivity index (χ1) is 11.9. The standard InChI is InChI=1S/C16H21N3O6/c1-3-5-6-24-11(20)7-10-12(21)13(22)15(25-10)19-8-9(4-2)14(17)18-16(19)23/h2,8,10,12-13,15,21-22H,3,5-7H2,1H3,(H2,17,18,23)/t10-,12-,13-,15-/m1/s1. The molecule has 4 atom stereocenters. The van der Waals surface area contributed by atoms with Gasteiger partial charge in [-0.25, -0.2) is 4.79 Å². The van der Waals surface area contributed by atoms with E-state index >= 15 is 0 Å². The summed E-state index contributed by atoms with van der Waals surface area (Å²) in [5.74, 6) is 1.59. The van der Waals surface area contributed by atoms with Crippen LogP contribution in [0.5, 0.6) is 0 Å². The van der Waals surface area contributed by atoms with Gasteiger partial charge < -0.3 is 25.4 Å². The summed E-state index contributed by atoms with van der Waals surface area (Å²) in [6.07, 6.45) is 2.77. The monoisotopic (exact) mass is 351 g/mol. The number of rotatable bonds is 6. The summed E-state index contributed by atoms with van der Waals surface area (Å²) in [6, 6.07) is 0. The summed E-state index contributed by atoms with van der Waals surface area (Å²) in [5.41, 5.74) is 4.88. The smallest absolute Gasteiger partial charge is 0.351 e. The number of esters is 1. The Balaban J connectivity index is 2.13. The van der Waals surface area contributed by atoms with Gasteiger partial charge in [0, 0.05) is 6.20 Å². The molecule has 0 unspecified atom stereocenters. The van der Waals surface area contributed by atoms with Gasteiger partial charge in [0.25, 0.3) is 0 Å². The molecule has 0 radical (unpaired) electrons. The third-order valence-electron chi connectivity index (χ3n) is 3.88. The van der Waals surface area contributed by atoms with Gasteiger partial charge in [0.15, 0.2) is 6.23 Å². The molecule has 25 heavy (non-hydrogen) atoms. The van der Waals surface area contributed by atoms with E-state index in [1.165, 1.54) is 6.20 Å². The first kappa shape index (κ1) is 18.9. The van der Waals surface area contributed by atoms with Crippen LogP contribution in [-0.4, -0.2) is 50.7 Å². The first-order valence-corrected chi connectivity index (χ1v) is 7.91. The minimum Gasteiger partial charge on any atom is -0.466 e. The van der Waals surface area contributed by atoms with Gasteiger partial charge in [-0.2, -0.15) is 4.98 Å². The molecule has 2 heterocycles. The highest BCUT2D eigenvalue weighted by molar-refractivity contribution is 5.70. The van der Waals surface area contributed by atoms with E-state index in [0.29, 0.717) is 0 Å². The quantitative estimate of drug-likeness (QED) is 0.343. The number of aliphatic hydroxyl groups excluding tert-OH is 2. The zero-order valence-corrected chi connectivity index (χ0v) is 13.8. The maximum absolute atomic E-state index is 12.0. The van der Waals surface area contributed by atoms with E-state index in [9.17, 15) is 19.8 Å². The molecule has 1 aliphatic rings. The topological polar surface area (TPSA) is 137 Å². The molecule has 1 aromatic rings. The van der Waals surface area contributed by atoms with Gasteiger partial charge in [0.1, 0.15) is 18.0 Å². The highest BCUT2D eigenvalue weighted by Gasteiger charge is 2.45. The Hall–Kier alpha value is -2.41. The second-order valence-corrected chi connectivity index (χ2v) is 5.70. The van der Waals surface area contributed by atoms with Crippen molar-refractivity contribution in [2.75, 3.05) is 12.3 Å². The summed E-state index contributed by atoms with van der Waals surface area (Å²) in [5, 5.41) is 20.3. The van der Waals surface area contributed by atoms with Gasteiger partial charge in [-0.05, 0) is 6.42 Å². The molecular weight excluding hydrogens is 330 g/mol. The number of ether oxygens (including phenoxy) is 2. The Morgan fingerprint density at radius 3 is 2.88 bits per heavy atom. The average molecular weight is 351 g/mol. The number of nitrogen functional groups attached to an aromatic ring is 1. The van der Waals surface area contributed by atoms with Crippen LogP contribution in [0.3, 0.4) is 0 Å². The number of nitrogens with zero attached hydrogens (tertiary/aromatic N) is 2. The third-order valence-corrected chi connectivity index (χ3v) is 3.88. The van der Waals surface area contributed by atoms with Gasteiger partial charge in [-0.3, -0.25) is 9.36 Å². The number of hydrogen-bond acceptors (Lipinski definition) is 8. The fourth-order valence-corrected chi connectivity index (χ4v) is 2.46. The number of carbonyl (C=O) groups is 1. The molecule has 1 fully saturated rings. The van der Waals surface area contributed by atoms with Crippen LogP contribution in [0, 0.1) is 12.3 Å². The zero-order valence-electron chi connectivity index (χ0n) is 13.8. The molecule has 136 valence electrons. The Morgan fingerprint density at radius 2 is 2.24 bits per heavy atom. The summed E-state index contributed by atoms with van der Waals surface area (Å²) in [4.78, 5) is 27.3. The number of unbranched alkanes of at least 4 members (excludes halogenated alkanes) is 1. The Morgan fingerprint density at radius 1 is 1.52 bits per heavy atom. The number of aromatic nitrogens is 2. The van der Waals surface area contributed by atoms with Crippen molar-refractivity contribution in [3.8, 4) is 12.3 Å². The van der Waals surface area contributed by atoms with E-state index in [2.05, 4.69) is 10.9 Å². The number of anilines is 1. The summed E-state index contributed by atoms with van der Waals surface area (Å²) in [6.45, 7) is 2.23. The second kappa shape index (κ2) is 8.11. The Kier molecular flexibility index (Phi) is 6.14. The third kappa shape index (κ3) is 4.17. The predicted octanol–water partition coefficient (Wildman–Crippen LogP) is -0.841. The van der Waals surface area contributed by atoms with E-state index in [0.717, 1.165) is 17.4 Å². The zero-order chi connectivity index (χ0) is 18.6. The van der Waals surface area contributed by atoms with Crippen molar-refractivity contribution in [1.29, 1.82) is 0 Å². The van der Waals surface area contributed by atoms with Crippen molar-refractivity contribution >= 4 is 11.8 Å². The first-order valence-electron chi connectivity index (χ1n) is 7.91. The van der Waals surface area contributed by atoms with Crippen LogP contribution in [0.4, 0.5) is 5.82 Å². The molecule has 0 saturated carbocycles.